The molecule has 0 spiro atoms. The van der Waals surface area contributed by atoms with Gasteiger partial charge < -0.3 is 15.0 Å². The van der Waals surface area contributed by atoms with Gasteiger partial charge in [0.25, 0.3) is 5.69 Å². The lowest BCUT2D eigenvalue weighted by Crippen LogP contribution is -2.43. The molecule has 1 aromatic carbocycles. The number of nitro groups is 1. The van der Waals surface area contributed by atoms with Crippen LogP contribution in [0.15, 0.2) is 18.2 Å². The second-order valence-corrected chi connectivity index (χ2v) is 7.15. The van der Waals surface area contributed by atoms with Crippen molar-refractivity contribution in [1.29, 1.82) is 0 Å². The normalized spacial score (nSPS) is 15.5. The van der Waals surface area contributed by atoms with Gasteiger partial charge in [-0.05, 0) is 39.7 Å². The molecule has 0 aromatic heterocycles. The highest BCUT2D eigenvalue weighted by Gasteiger charge is 2.30. The Morgan fingerprint density at radius 3 is 2.42 bits per heavy atom. The fourth-order valence-electron chi connectivity index (χ4n) is 2.60. The summed E-state index contributed by atoms with van der Waals surface area (Å²) >= 11 is 0. The summed E-state index contributed by atoms with van der Waals surface area (Å²) in [6, 6.07) is 3.06. The number of likely N-dealkylation sites (tertiary alicyclic amines) is 1. The predicted octanol–water partition coefficient (Wildman–Crippen LogP) is 3.32. The number of hydrogen-bond donors (Lipinski definition) is 1. The van der Waals surface area contributed by atoms with E-state index < -0.39 is 22.4 Å². The van der Waals surface area contributed by atoms with E-state index in [0.717, 1.165) is 12.1 Å². The molecule has 9 heteroatoms. The maximum atomic E-state index is 13.9. The lowest BCUT2D eigenvalue weighted by atomic mass is 9.96. The molecule has 1 aliphatic heterocycles. The Morgan fingerprint density at radius 2 is 1.92 bits per heavy atom. The van der Waals surface area contributed by atoms with Gasteiger partial charge in [0.05, 0.1) is 16.7 Å². The second kappa shape index (κ2) is 7.67. The van der Waals surface area contributed by atoms with E-state index in [9.17, 15) is 24.1 Å². The first-order valence-corrected chi connectivity index (χ1v) is 8.29. The van der Waals surface area contributed by atoms with Crippen LogP contribution < -0.4 is 5.32 Å². The van der Waals surface area contributed by atoms with Crippen molar-refractivity contribution in [3.8, 4) is 0 Å². The number of piperidine rings is 1. The van der Waals surface area contributed by atoms with E-state index in [-0.39, 0.29) is 23.2 Å². The lowest BCUT2D eigenvalue weighted by molar-refractivity contribution is -0.385. The Bertz CT molecular complexity index is 709. The Balaban J connectivity index is 1.91. The van der Waals surface area contributed by atoms with E-state index in [1.807, 2.05) is 0 Å². The number of anilines is 1. The van der Waals surface area contributed by atoms with Gasteiger partial charge in [-0.1, -0.05) is 0 Å². The Labute approximate surface area is 150 Å². The van der Waals surface area contributed by atoms with Crippen molar-refractivity contribution in [2.75, 3.05) is 18.4 Å². The Morgan fingerprint density at radius 1 is 1.31 bits per heavy atom. The fraction of sp³-hybridized carbons (Fsp3) is 0.529. The first-order chi connectivity index (χ1) is 12.1. The molecule has 0 saturated carbocycles. The zero-order valence-electron chi connectivity index (χ0n) is 15.0. The smallest absolute Gasteiger partial charge is 0.410 e. The van der Waals surface area contributed by atoms with Crippen molar-refractivity contribution < 1.29 is 23.6 Å². The van der Waals surface area contributed by atoms with Crippen molar-refractivity contribution in [2.24, 2.45) is 5.92 Å². The number of carbonyl (C=O) groups is 2. The summed E-state index contributed by atoms with van der Waals surface area (Å²) < 4.78 is 19.2. The van der Waals surface area contributed by atoms with Gasteiger partial charge in [0, 0.05) is 25.1 Å². The SMILES string of the molecule is CC(C)(C)OC(=O)N1CCC(C(=O)Nc2ccc([N+](=O)[O-])cc2F)CC1. The van der Waals surface area contributed by atoms with Gasteiger partial charge in [-0.2, -0.15) is 0 Å². The number of non-ortho nitro benzene ring substituents is 1. The van der Waals surface area contributed by atoms with E-state index >= 15 is 0 Å². The van der Waals surface area contributed by atoms with Crippen LogP contribution in [0.25, 0.3) is 0 Å². The summed E-state index contributed by atoms with van der Waals surface area (Å²) in [6.45, 7) is 6.09. The predicted molar refractivity (Wildman–Crippen MR) is 92.2 cm³/mol. The average molecular weight is 367 g/mol. The molecule has 2 amide bonds. The van der Waals surface area contributed by atoms with Crippen LogP contribution in [-0.4, -0.2) is 40.5 Å². The molecule has 26 heavy (non-hydrogen) atoms. The van der Waals surface area contributed by atoms with Gasteiger partial charge in [-0.3, -0.25) is 14.9 Å². The third-order valence-corrected chi connectivity index (χ3v) is 3.94. The van der Waals surface area contributed by atoms with Crippen molar-refractivity contribution >= 4 is 23.4 Å². The molecule has 0 radical (unpaired) electrons. The molecule has 1 N–H and O–H groups in total. The van der Waals surface area contributed by atoms with E-state index in [1.165, 1.54) is 6.07 Å². The number of nitrogens with one attached hydrogen (secondary N) is 1. The first kappa shape index (κ1) is 19.6. The number of nitro benzene ring substituents is 1. The summed E-state index contributed by atoms with van der Waals surface area (Å²) in [7, 11) is 0. The summed E-state index contributed by atoms with van der Waals surface area (Å²) in [5.74, 6) is -1.61. The van der Waals surface area contributed by atoms with Crippen LogP contribution in [-0.2, 0) is 9.53 Å². The highest BCUT2D eigenvalue weighted by molar-refractivity contribution is 5.93. The van der Waals surface area contributed by atoms with Crippen LogP contribution in [0.5, 0.6) is 0 Å². The van der Waals surface area contributed by atoms with Gasteiger partial charge >= 0.3 is 6.09 Å². The summed E-state index contributed by atoms with van der Waals surface area (Å²) in [5, 5.41) is 13.1. The molecule has 8 nitrogen and oxygen atoms in total. The maximum Gasteiger partial charge on any atom is 0.410 e. The number of halogens is 1. The van der Waals surface area contributed by atoms with E-state index in [0.29, 0.717) is 25.9 Å². The van der Waals surface area contributed by atoms with Crippen molar-refractivity contribution in [1.82, 2.24) is 4.90 Å². The van der Waals surface area contributed by atoms with Crippen LogP contribution in [0.4, 0.5) is 20.6 Å². The molecule has 0 bridgehead atoms. The molecule has 1 aromatic rings. The molecule has 0 atom stereocenters. The molecule has 1 heterocycles. The van der Waals surface area contributed by atoms with Gasteiger partial charge in [0.2, 0.25) is 5.91 Å². The minimum Gasteiger partial charge on any atom is -0.444 e. The average Bonchev–Trinajstić information content (AvgIpc) is 2.55. The zero-order chi connectivity index (χ0) is 19.5. The maximum absolute atomic E-state index is 13.9. The van der Waals surface area contributed by atoms with Gasteiger partial charge in [-0.15, -0.1) is 0 Å². The molecule has 1 fully saturated rings. The van der Waals surface area contributed by atoms with Crippen LogP contribution in [0.2, 0.25) is 0 Å². The number of amides is 2. The minimum absolute atomic E-state index is 0.102. The molecule has 1 saturated heterocycles. The largest absolute Gasteiger partial charge is 0.444 e. The number of nitrogens with zero attached hydrogens (tertiary/aromatic N) is 2. The first-order valence-electron chi connectivity index (χ1n) is 8.29. The van der Waals surface area contributed by atoms with E-state index in [4.69, 9.17) is 4.74 Å². The Hall–Kier alpha value is -2.71. The van der Waals surface area contributed by atoms with Crippen LogP contribution in [0, 0.1) is 21.8 Å². The second-order valence-electron chi connectivity index (χ2n) is 7.15. The van der Waals surface area contributed by atoms with Crippen molar-refractivity contribution in [3.63, 3.8) is 0 Å². The Kier molecular flexibility index (Phi) is 5.79. The monoisotopic (exact) mass is 367 g/mol. The fourth-order valence-corrected chi connectivity index (χ4v) is 2.60. The zero-order valence-corrected chi connectivity index (χ0v) is 15.0. The van der Waals surface area contributed by atoms with E-state index in [2.05, 4.69) is 5.32 Å². The number of rotatable bonds is 3. The van der Waals surface area contributed by atoms with Gasteiger partial charge in [-0.25, -0.2) is 9.18 Å². The minimum atomic E-state index is -0.862. The molecule has 1 aliphatic rings. The van der Waals surface area contributed by atoms with Gasteiger partial charge in [0.1, 0.15) is 5.60 Å². The van der Waals surface area contributed by atoms with Crippen LogP contribution in [0.1, 0.15) is 33.6 Å². The van der Waals surface area contributed by atoms with Crippen molar-refractivity contribution in [2.45, 2.75) is 39.2 Å². The number of hydrogen-bond acceptors (Lipinski definition) is 5. The molecular formula is C17H22FN3O5. The number of carbonyl (C=O) groups excluding carboxylic acids is 2. The van der Waals surface area contributed by atoms with E-state index in [1.54, 1.807) is 25.7 Å². The lowest BCUT2D eigenvalue weighted by Gasteiger charge is -2.32. The molecule has 142 valence electrons. The molecular weight excluding hydrogens is 345 g/mol. The summed E-state index contributed by atoms with van der Waals surface area (Å²) in [5.41, 5.74) is -1.07. The molecule has 2 rings (SSSR count). The number of benzene rings is 1. The summed E-state index contributed by atoms with van der Waals surface area (Å²) in [4.78, 5) is 35.8. The highest BCUT2D eigenvalue weighted by atomic mass is 19.1. The third-order valence-electron chi connectivity index (χ3n) is 3.94. The van der Waals surface area contributed by atoms with Crippen LogP contribution >= 0.6 is 0 Å². The summed E-state index contributed by atoms with van der Waals surface area (Å²) in [6.07, 6.45) is 0.442. The number of ether oxygens (including phenoxy) is 1. The standard InChI is InChI=1S/C17H22FN3O5/c1-17(2,3)26-16(23)20-8-6-11(7-9-20)15(22)19-14-5-4-12(21(24)25)10-13(14)18/h4-5,10-11H,6-9H2,1-3H3,(H,19,22). The topological polar surface area (TPSA) is 102 Å². The molecule has 0 unspecified atom stereocenters. The highest BCUT2D eigenvalue weighted by Crippen LogP contribution is 2.24. The van der Waals surface area contributed by atoms with Crippen LogP contribution in [0.3, 0.4) is 0 Å². The quantitative estimate of drug-likeness (QED) is 0.652. The van der Waals surface area contributed by atoms with Crippen molar-refractivity contribution in [3.05, 3.63) is 34.1 Å². The molecule has 0 aliphatic carbocycles. The third kappa shape index (κ3) is 5.14. The van der Waals surface area contributed by atoms with Gasteiger partial charge in [0.15, 0.2) is 5.82 Å².